The van der Waals surface area contributed by atoms with Gasteiger partial charge in [0.25, 0.3) is 0 Å². The van der Waals surface area contributed by atoms with Crippen molar-refractivity contribution < 1.29 is 4.74 Å². The van der Waals surface area contributed by atoms with Crippen LogP contribution in [0.25, 0.3) is 0 Å². The van der Waals surface area contributed by atoms with E-state index in [0.29, 0.717) is 5.41 Å². The molecule has 12 heavy (non-hydrogen) atoms. The highest BCUT2D eigenvalue weighted by molar-refractivity contribution is 4.68. The van der Waals surface area contributed by atoms with E-state index in [-0.39, 0.29) is 0 Å². The van der Waals surface area contributed by atoms with Crippen LogP contribution in [-0.2, 0) is 4.74 Å². The van der Waals surface area contributed by atoms with Crippen molar-refractivity contribution in [1.29, 1.82) is 0 Å². The molecule has 0 atom stereocenters. The van der Waals surface area contributed by atoms with Crippen molar-refractivity contribution in [1.82, 2.24) is 5.32 Å². The van der Waals surface area contributed by atoms with Crippen LogP contribution in [0.15, 0.2) is 0 Å². The second kappa shape index (κ2) is 6.44. The van der Waals surface area contributed by atoms with Gasteiger partial charge in [-0.3, -0.25) is 0 Å². The Kier molecular flexibility index (Phi) is 6.39. The normalized spacial score (nSPS) is 12.0. The van der Waals surface area contributed by atoms with Gasteiger partial charge in [0.1, 0.15) is 0 Å². The molecule has 0 saturated carbocycles. The monoisotopic (exact) mass is 173 g/mol. The lowest BCUT2D eigenvalue weighted by atomic mass is 9.90. The number of nitrogens with one attached hydrogen (secondary N) is 1. The van der Waals surface area contributed by atoms with Gasteiger partial charge in [0.05, 0.1) is 6.61 Å². The molecule has 0 bridgehead atoms. The van der Waals surface area contributed by atoms with Gasteiger partial charge >= 0.3 is 0 Å². The minimum absolute atomic E-state index is 0.423. The minimum Gasteiger partial charge on any atom is -0.380 e. The molecule has 0 aliphatic heterocycles. The minimum atomic E-state index is 0.423. The molecule has 2 heteroatoms. The van der Waals surface area contributed by atoms with Crippen molar-refractivity contribution in [2.24, 2.45) is 5.41 Å². The molecule has 0 fully saturated rings. The van der Waals surface area contributed by atoms with Crippen molar-refractivity contribution in [3.8, 4) is 0 Å². The smallest absolute Gasteiger partial charge is 0.0590 e. The largest absolute Gasteiger partial charge is 0.380 e. The quantitative estimate of drug-likeness (QED) is 0.595. The number of hydrogen-bond acceptors (Lipinski definition) is 2. The molecule has 0 aromatic heterocycles. The van der Waals surface area contributed by atoms with E-state index in [0.717, 1.165) is 26.3 Å². The van der Waals surface area contributed by atoms with Crippen molar-refractivity contribution >= 4 is 0 Å². The number of ether oxygens (including phenoxy) is 1. The zero-order valence-corrected chi connectivity index (χ0v) is 8.94. The highest BCUT2D eigenvalue weighted by Crippen LogP contribution is 2.17. The van der Waals surface area contributed by atoms with Crippen molar-refractivity contribution in [3.05, 3.63) is 0 Å². The van der Waals surface area contributed by atoms with Crippen molar-refractivity contribution in [3.63, 3.8) is 0 Å². The fraction of sp³-hybridized carbons (Fsp3) is 1.00. The van der Waals surface area contributed by atoms with Gasteiger partial charge in [-0.15, -0.1) is 0 Å². The van der Waals surface area contributed by atoms with Gasteiger partial charge in [-0.1, -0.05) is 20.8 Å². The summed E-state index contributed by atoms with van der Waals surface area (Å²) in [5.74, 6) is 0. The molecule has 74 valence electrons. The van der Waals surface area contributed by atoms with Gasteiger partial charge < -0.3 is 10.1 Å². The third-order valence-electron chi connectivity index (χ3n) is 2.19. The highest BCUT2D eigenvalue weighted by atomic mass is 16.5. The molecule has 0 radical (unpaired) electrons. The second-order valence-corrected chi connectivity index (χ2v) is 3.89. The van der Waals surface area contributed by atoms with E-state index < -0.39 is 0 Å². The fourth-order valence-electron chi connectivity index (χ4n) is 0.840. The maximum Gasteiger partial charge on any atom is 0.0590 e. The summed E-state index contributed by atoms with van der Waals surface area (Å²) in [5.41, 5.74) is 0.423. The van der Waals surface area contributed by atoms with E-state index >= 15 is 0 Å². The van der Waals surface area contributed by atoms with Crippen molar-refractivity contribution in [2.75, 3.05) is 26.3 Å². The van der Waals surface area contributed by atoms with Gasteiger partial charge in [0.15, 0.2) is 0 Å². The van der Waals surface area contributed by atoms with Crippen LogP contribution in [0, 0.1) is 5.41 Å². The van der Waals surface area contributed by atoms with Crippen LogP contribution in [0.1, 0.15) is 34.1 Å². The van der Waals surface area contributed by atoms with Gasteiger partial charge in [0, 0.05) is 19.7 Å². The van der Waals surface area contributed by atoms with Gasteiger partial charge in [-0.25, -0.2) is 0 Å². The Balaban J connectivity index is 3.19. The first kappa shape index (κ1) is 11.9. The van der Waals surface area contributed by atoms with Crippen LogP contribution < -0.4 is 5.32 Å². The Morgan fingerprint density at radius 2 is 1.92 bits per heavy atom. The molecule has 0 rings (SSSR count). The molecule has 0 saturated heterocycles. The van der Waals surface area contributed by atoms with E-state index in [4.69, 9.17) is 4.74 Å². The molecule has 0 aromatic carbocycles. The first-order valence-corrected chi connectivity index (χ1v) is 4.91. The molecular weight excluding hydrogens is 150 g/mol. The maximum absolute atomic E-state index is 5.22. The van der Waals surface area contributed by atoms with Crippen LogP contribution in [0.5, 0.6) is 0 Å². The lowest BCUT2D eigenvalue weighted by Crippen LogP contribution is -2.31. The summed E-state index contributed by atoms with van der Waals surface area (Å²) in [7, 11) is 0. The number of hydrogen-bond donors (Lipinski definition) is 1. The zero-order chi connectivity index (χ0) is 9.45. The van der Waals surface area contributed by atoms with Gasteiger partial charge in [0.2, 0.25) is 0 Å². The molecule has 0 unspecified atom stereocenters. The Bertz CT molecular complexity index is 102. The topological polar surface area (TPSA) is 21.3 Å². The molecule has 0 aromatic rings. The van der Waals surface area contributed by atoms with Crippen molar-refractivity contribution in [2.45, 2.75) is 34.1 Å². The first-order chi connectivity index (χ1) is 5.62. The molecule has 0 heterocycles. The maximum atomic E-state index is 5.22. The molecule has 2 nitrogen and oxygen atoms in total. The van der Waals surface area contributed by atoms with E-state index in [1.807, 2.05) is 6.92 Å². The first-order valence-electron chi connectivity index (χ1n) is 4.91. The summed E-state index contributed by atoms with van der Waals surface area (Å²) in [6, 6.07) is 0. The zero-order valence-electron chi connectivity index (χ0n) is 8.94. The number of rotatable bonds is 7. The van der Waals surface area contributed by atoms with Crippen LogP contribution in [0.4, 0.5) is 0 Å². The molecular formula is C10H23NO. The average molecular weight is 173 g/mol. The third-order valence-corrected chi connectivity index (χ3v) is 2.19. The molecule has 0 spiro atoms. The molecule has 1 N–H and O–H groups in total. The lowest BCUT2D eigenvalue weighted by Gasteiger charge is -2.22. The van der Waals surface area contributed by atoms with Crippen LogP contribution >= 0.6 is 0 Å². The van der Waals surface area contributed by atoms with Crippen LogP contribution in [0.2, 0.25) is 0 Å². The Morgan fingerprint density at radius 3 is 2.42 bits per heavy atom. The average Bonchev–Trinajstić information content (AvgIpc) is 2.04. The van der Waals surface area contributed by atoms with E-state index in [9.17, 15) is 0 Å². The second-order valence-electron chi connectivity index (χ2n) is 3.89. The van der Waals surface area contributed by atoms with Crippen LogP contribution in [-0.4, -0.2) is 26.3 Å². The SMILES string of the molecule is CCOCCNCC(C)(C)CC. The summed E-state index contributed by atoms with van der Waals surface area (Å²) in [6.07, 6.45) is 1.22. The highest BCUT2D eigenvalue weighted by Gasteiger charge is 2.13. The Hall–Kier alpha value is -0.0800. The van der Waals surface area contributed by atoms with Gasteiger partial charge in [-0.05, 0) is 18.8 Å². The fourth-order valence-corrected chi connectivity index (χ4v) is 0.840. The summed E-state index contributed by atoms with van der Waals surface area (Å²) >= 11 is 0. The van der Waals surface area contributed by atoms with E-state index in [1.54, 1.807) is 0 Å². The standard InChI is InChI=1S/C10H23NO/c1-5-10(3,4)9-11-7-8-12-6-2/h11H,5-9H2,1-4H3. The summed E-state index contributed by atoms with van der Waals surface area (Å²) < 4.78 is 5.22. The summed E-state index contributed by atoms with van der Waals surface area (Å²) in [4.78, 5) is 0. The summed E-state index contributed by atoms with van der Waals surface area (Å²) in [6.45, 7) is 12.5. The molecule has 0 aliphatic rings. The molecule has 0 amide bonds. The Labute approximate surface area is 76.7 Å². The lowest BCUT2D eigenvalue weighted by molar-refractivity contribution is 0.146. The molecule has 0 aliphatic carbocycles. The Morgan fingerprint density at radius 1 is 1.25 bits per heavy atom. The van der Waals surface area contributed by atoms with Crippen LogP contribution in [0.3, 0.4) is 0 Å². The van der Waals surface area contributed by atoms with E-state index in [2.05, 4.69) is 26.1 Å². The third kappa shape index (κ3) is 6.62. The summed E-state index contributed by atoms with van der Waals surface area (Å²) in [5, 5.41) is 3.39. The van der Waals surface area contributed by atoms with E-state index in [1.165, 1.54) is 6.42 Å². The predicted molar refractivity (Wildman–Crippen MR) is 53.4 cm³/mol. The predicted octanol–water partition coefficient (Wildman–Crippen LogP) is 2.05. The van der Waals surface area contributed by atoms with Gasteiger partial charge in [-0.2, -0.15) is 0 Å².